The molecule has 0 unspecified atom stereocenters. The van der Waals surface area contributed by atoms with Gasteiger partial charge in [-0.15, -0.1) is 0 Å². The summed E-state index contributed by atoms with van der Waals surface area (Å²) in [5.41, 5.74) is 2.46. The predicted octanol–water partition coefficient (Wildman–Crippen LogP) is 4.78. The largest absolute Gasteiger partial charge is 0.478 e. The van der Waals surface area contributed by atoms with Gasteiger partial charge in [0.2, 0.25) is 0 Å². The first-order valence-electron chi connectivity index (χ1n) is 7.80. The molecule has 1 aliphatic heterocycles. The summed E-state index contributed by atoms with van der Waals surface area (Å²) in [6.07, 6.45) is 2.01. The van der Waals surface area contributed by atoms with Gasteiger partial charge in [0.1, 0.15) is 5.82 Å². The molecule has 0 bridgehead atoms. The number of anilines is 3. The van der Waals surface area contributed by atoms with Gasteiger partial charge in [-0.3, -0.25) is 0 Å². The molecule has 2 aromatic carbocycles. The molecule has 1 saturated heterocycles. The van der Waals surface area contributed by atoms with Crippen molar-refractivity contribution >= 4 is 45.6 Å². The molecule has 6 heteroatoms. The Balaban J connectivity index is 2.00. The van der Waals surface area contributed by atoms with Crippen LogP contribution in [0.15, 0.2) is 30.3 Å². The summed E-state index contributed by atoms with van der Waals surface area (Å²) in [5.74, 6) is -1.46. The van der Waals surface area contributed by atoms with Gasteiger partial charge in [0.05, 0.1) is 16.9 Å². The number of carbonyl (C=O) groups is 1. The van der Waals surface area contributed by atoms with Crippen LogP contribution in [0, 0.1) is 16.3 Å². The van der Waals surface area contributed by atoms with Crippen LogP contribution >= 0.6 is 22.6 Å². The van der Waals surface area contributed by atoms with E-state index in [1.54, 1.807) is 0 Å². The quantitative estimate of drug-likeness (QED) is 0.673. The fourth-order valence-corrected chi connectivity index (χ4v) is 3.60. The van der Waals surface area contributed by atoms with E-state index >= 15 is 0 Å². The molecule has 2 aromatic rings. The summed E-state index contributed by atoms with van der Waals surface area (Å²) in [4.78, 5) is 13.6. The first-order chi connectivity index (χ1) is 11.5. The van der Waals surface area contributed by atoms with E-state index in [0.29, 0.717) is 5.69 Å². The lowest BCUT2D eigenvalue weighted by Crippen LogP contribution is -2.20. The van der Waals surface area contributed by atoms with Gasteiger partial charge in [-0.1, -0.05) is 0 Å². The highest BCUT2D eigenvalue weighted by molar-refractivity contribution is 14.1. The first kappa shape index (κ1) is 17.0. The third-order valence-electron chi connectivity index (χ3n) is 4.22. The Morgan fingerprint density at radius 2 is 1.92 bits per heavy atom. The number of hydrogen-bond acceptors (Lipinski definition) is 3. The van der Waals surface area contributed by atoms with Gasteiger partial charge in [-0.05, 0) is 72.2 Å². The minimum atomic E-state index is -1.07. The van der Waals surface area contributed by atoms with Crippen LogP contribution < -0.4 is 10.2 Å². The number of benzene rings is 2. The van der Waals surface area contributed by atoms with Crippen LogP contribution in [-0.2, 0) is 0 Å². The van der Waals surface area contributed by atoms with Crippen molar-refractivity contribution in [2.24, 2.45) is 0 Å². The van der Waals surface area contributed by atoms with E-state index < -0.39 is 11.8 Å². The van der Waals surface area contributed by atoms with Gasteiger partial charge in [0.25, 0.3) is 0 Å². The molecule has 1 heterocycles. The molecule has 3 rings (SSSR count). The van der Waals surface area contributed by atoms with Gasteiger partial charge in [-0.25, -0.2) is 9.18 Å². The molecule has 126 valence electrons. The lowest BCUT2D eigenvalue weighted by atomic mass is 10.1. The van der Waals surface area contributed by atoms with Crippen molar-refractivity contribution in [3.63, 3.8) is 0 Å². The Morgan fingerprint density at radius 3 is 2.54 bits per heavy atom. The van der Waals surface area contributed by atoms with E-state index in [2.05, 4.69) is 27.9 Å². The highest BCUT2D eigenvalue weighted by atomic mass is 127. The summed E-state index contributed by atoms with van der Waals surface area (Å²) in [7, 11) is 0. The Bertz CT molecular complexity index is 789. The maximum Gasteiger partial charge on any atom is 0.337 e. The van der Waals surface area contributed by atoms with Crippen molar-refractivity contribution in [1.82, 2.24) is 0 Å². The SMILES string of the molecule is Cc1cc(I)ccc1Nc1cc(F)c(N2CCCC2)cc1C(=O)O. The number of aromatic carboxylic acids is 1. The maximum atomic E-state index is 14.5. The number of aryl methyl sites for hydroxylation is 1. The Hall–Kier alpha value is -1.83. The van der Waals surface area contributed by atoms with Crippen LogP contribution in [0.2, 0.25) is 0 Å². The molecular weight excluding hydrogens is 422 g/mol. The Kier molecular flexibility index (Phi) is 4.93. The molecule has 2 N–H and O–H groups in total. The molecule has 0 aliphatic carbocycles. The monoisotopic (exact) mass is 440 g/mol. The average Bonchev–Trinajstić information content (AvgIpc) is 3.04. The fourth-order valence-electron chi connectivity index (χ4n) is 2.95. The van der Waals surface area contributed by atoms with E-state index in [0.717, 1.165) is 40.8 Å². The lowest BCUT2D eigenvalue weighted by Gasteiger charge is -2.21. The molecular formula is C18H18FIN2O2. The summed E-state index contributed by atoms with van der Waals surface area (Å²) in [6, 6.07) is 8.50. The number of hydrogen-bond donors (Lipinski definition) is 2. The predicted molar refractivity (Wildman–Crippen MR) is 102 cm³/mol. The number of carboxylic acid groups (broad SMARTS) is 1. The molecule has 1 aliphatic rings. The molecule has 0 amide bonds. The van der Waals surface area contributed by atoms with E-state index in [9.17, 15) is 14.3 Å². The molecule has 0 spiro atoms. The third kappa shape index (κ3) is 3.48. The van der Waals surface area contributed by atoms with Gasteiger partial charge in [0, 0.05) is 28.4 Å². The minimum absolute atomic E-state index is 0.0799. The van der Waals surface area contributed by atoms with Crippen molar-refractivity contribution in [2.45, 2.75) is 19.8 Å². The van der Waals surface area contributed by atoms with Crippen molar-refractivity contribution in [1.29, 1.82) is 0 Å². The zero-order valence-corrected chi connectivity index (χ0v) is 15.4. The smallest absolute Gasteiger partial charge is 0.337 e. The van der Waals surface area contributed by atoms with Crippen LogP contribution in [-0.4, -0.2) is 24.2 Å². The number of nitrogens with one attached hydrogen (secondary N) is 1. The zero-order chi connectivity index (χ0) is 17.3. The topological polar surface area (TPSA) is 52.6 Å². The molecule has 0 radical (unpaired) electrons. The summed E-state index contributed by atoms with van der Waals surface area (Å²) < 4.78 is 15.6. The average molecular weight is 440 g/mol. The van der Waals surface area contributed by atoms with Crippen LogP contribution in [0.1, 0.15) is 28.8 Å². The second-order valence-electron chi connectivity index (χ2n) is 5.93. The van der Waals surface area contributed by atoms with Crippen molar-refractivity contribution in [3.8, 4) is 0 Å². The van der Waals surface area contributed by atoms with Gasteiger partial charge < -0.3 is 15.3 Å². The van der Waals surface area contributed by atoms with Crippen molar-refractivity contribution in [3.05, 3.63) is 50.8 Å². The fraction of sp³-hybridized carbons (Fsp3) is 0.278. The highest BCUT2D eigenvalue weighted by Gasteiger charge is 2.21. The normalized spacial score (nSPS) is 14.0. The van der Waals surface area contributed by atoms with Gasteiger partial charge in [-0.2, -0.15) is 0 Å². The second-order valence-corrected chi connectivity index (χ2v) is 7.18. The van der Waals surface area contributed by atoms with E-state index in [1.165, 1.54) is 12.1 Å². The zero-order valence-electron chi connectivity index (χ0n) is 13.3. The van der Waals surface area contributed by atoms with E-state index in [4.69, 9.17) is 0 Å². The number of carboxylic acids is 1. The summed E-state index contributed by atoms with van der Waals surface area (Å²) in [5, 5.41) is 12.6. The number of rotatable bonds is 4. The van der Waals surface area contributed by atoms with Crippen molar-refractivity contribution < 1.29 is 14.3 Å². The van der Waals surface area contributed by atoms with Crippen LogP contribution in [0.3, 0.4) is 0 Å². The molecule has 0 atom stereocenters. The Morgan fingerprint density at radius 1 is 1.21 bits per heavy atom. The second kappa shape index (κ2) is 6.96. The van der Waals surface area contributed by atoms with E-state index in [1.807, 2.05) is 30.0 Å². The number of halogens is 2. The third-order valence-corrected chi connectivity index (χ3v) is 4.89. The molecule has 1 fully saturated rings. The maximum absolute atomic E-state index is 14.5. The van der Waals surface area contributed by atoms with Crippen LogP contribution in [0.25, 0.3) is 0 Å². The summed E-state index contributed by atoms with van der Waals surface area (Å²) >= 11 is 2.21. The van der Waals surface area contributed by atoms with Crippen molar-refractivity contribution in [2.75, 3.05) is 23.3 Å². The standard InChI is InChI=1S/C18H18FIN2O2/c1-11-8-12(20)4-5-15(11)21-16-10-14(19)17(9-13(16)18(23)24)22-6-2-3-7-22/h4-5,8-10,21H,2-3,6-7H2,1H3,(H,23,24). The highest BCUT2D eigenvalue weighted by Crippen LogP contribution is 2.32. The molecule has 0 aromatic heterocycles. The first-order valence-corrected chi connectivity index (χ1v) is 8.88. The molecule has 4 nitrogen and oxygen atoms in total. The van der Waals surface area contributed by atoms with E-state index in [-0.39, 0.29) is 11.3 Å². The van der Waals surface area contributed by atoms with Gasteiger partial charge in [0.15, 0.2) is 0 Å². The van der Waals surface area contributed by atoms with Crippen LogP contribution in [0.5, 0.6) is 0 Å². The Labute approximate surface area is 153 Å². The van der Waals surface area contributed by atoms with Crippen LogP contribution in [0.4, 0.5) is 21.5 Å². The summed E-state index contributed by atoms with van der Waals surface area (Å²) in [6.45, 7) is 3.46. The van der Waals surface area contributed by atoms with Gasteiger partial charge >= 0.3 is 5.97 Å². The minimum Gasteiger partial charge on any atom is -0.478 e. The number of nitrogens with zero attached hydrogens (tertiary/aromatic N) is 1. The molecule has 24 heavy (non-hydrogen) atoms. The molecule has 0 saturated carbocycles. The lowest BCUT2D eigenvalue weighted by molar-refractivity contribution is 0.0698.